The van der Waals surface area contributed by atoms with Crippen molar-refractivity contribution in [3.05, 3.63) is 12.2 Å². The predicted molar refractivity (Wildman–Crippen MR) is 62.0 cm³/mol. The van der Waals surface area contributed by atoms with Crippen LogP contribution in [0.15, 0.2) is 12.2 Å². The predicted octanol–water partition coefficient (Wildman–Crippen LogP) is 0.483. The fourth-order valence-electron chi connectivity index (χ4n) is 1.54. The van der Waals surface area contributed by atoms with E-state index in [1.54, 1.807) is 13.8 Å². The number of hydrogen-bond acceptors (Lipinski definition) is 3. The summed E-state index contributed by atoms with van der Waals surface area (Å²) in [4.78, 5) is 24.6. The van der Waals surface area contributed by atoms with Crippen molar-refractivity contribution in [2.45, 2.75) is 26.3 Å². The van der Waals surface area contributed by atoms with Gasteiger partial charge in [-0.05, 0) is 26.0 Å². The molecule has 2 N–H and O–H groups in total. The molecule has 0 unspecified atom stereocenters. The Morgan fingerprint density at radius 2 is 2.12 bits per heavy atom. The van der Waals surface area contributed by atoms with Gasteiger partial charge in [0.2, 0.25) is 0 Å². The normalized spacial score (nSPS) is 18.8. The maximum absolute atomic E-state index is 11.8. The quantitative estimate of drug-likeness (QED) is 0.528. The highest BCUT2D eigenvalue weighted by atomic mass is 16.2. The fourth-order valence-corrected chi connectivity index (χ4v) is 1.54. The summed E-state index contributed by atoms with van der Waals surface area (Å²) in [5, 5.41) is 5.73. The Kier molecular flexibility index (Phi) is 3.70. The molecule has 0 aliphatic carbocycles. The molecule has 90 valence electrons. The van der Waals surface area contributed by atoms with Crippen LogP contribution in [-0.4, -0.2) is 42.0 Å². The van der Waals surface area contributed by atoms with Crippen molar-refractivity contribution in [3.63, 3.8) is 0 Å². The Labute approximate surface area is 95.9 Å². The molecule has 16 heavy (non-hydrogen) atoms. The molecule has 0 radical (unpaired) electrons. The minimum Gasteiger partial charge on any atom is -0.324 e. The SMILES string of the molecule is C=C(CNCC)CN1C(=O)NC(C)(C)C1=O. The molecule has 5 nitrogen and oxygen atoms in total. The molecule has 0 aromatic carbocycles. The first-order valence-electron chi connectivity index (χ1n) is 5.40. The van der Waals surface area contributed by atoms with Gasteiger partial charge in [0, 0.05) is 6.54 Å². The van der Waals surface area contributed by atoms with E-state index < -0.39 is 5.54 Å². The van der Waals surface area contributed by atoms with Gasteiger partial charge in [0.25, 0.3) is 5.91 Å². The lowest BCUT2D eigenvalue weighted by molar-refractivity contribution is -0.129. The van der Waals surface area contributed by atoms with E-state index in [-0.39, 0.29) is 18.5 Å². The number of hydrogen-bond donors (Lipinski definition) is 2. The third kappa shape index (κ3) is 2.61. The first-order valence-corrected chi connectivity index (χ1v) is 5.40. The number of urea groups is 1. The summed E-state index contributed by atoms with van der Waals surface area (Å²) in [6.07, 6.45) is 0. The van der Waals surface area contributed by atoms with Crippen LogP contribution in [-0.2, 0) is 4.79 Å². The summed E-state index contributed by atoms with van der Waals surface area (Å²) >= 11 is 0. The Morgan fingerprint density at radius 1 is 1.50 bits per heavy atom. The van der Waals surface area contributed by atoms with E-state index in [0.717, 1.165) is 12.1 Å². The zero-order valence-electron chi connectivity index (χ0n) is 10.1. The Morgan fingerprint density at radius 3 is 2.56 bits per heavy atom. The van der Waals surface area contributed by atoms with E-state index in [1.165, 1.54) is 4.90 Å². The van der Waals surface area contributed by atoms with Crippen LogP contribution in [0.2, 0.25) is 0 Å². The van der Waals surface area contributed by atoms with E-state index in [4.69, 9.17) is 0 Å². The highest BCUT2D eigenvalue weighted by molar-refractivity contribution is 6.06. The van der Waals surface area contributed by atoms with E-state index in [0.29, 0.717) is 6.54 Å². The third-order valence-electron chi connectivity index (χ3n) is 2.45. The van der Waals surface area contributed by atoms with Gasteiger partial charge in [0.1, 0.15) is 5.54 Å². The Hall–Kier alpha value is -1.36. The smallest absolute Gasteiger partial charge is 0.324 e. The largest absolute Gasteiger partial charge is 0.325 e. The van der Waals surface area contributed by atoms with Crippen LogP contribution in [0.25, 0.3) is 0 Å². The van der Waals surface area contributed by atoms with Crippen molar-refractivity contribution >= 4 is 11.9 Å². The summed E-state index contributed by atoms with van der Waals surface area (Å²) in [5.41, 5.74) is 0.0262. The number of carbonyl (C=O) groups excluding carboxylic acids is 2. The molecule has 1 fully saturated rings. The first-order chi connectivity index (χ1) is 7.38. The summed E-state index contributed by atoms with van der Waals surface area (Å²) in [7, 11) is 0. The number of nitrogens with one attached hydrogen (secondary N) is 2. The Balaban J connectivity index is 2.58. The number of imide groups is 1. The molecular weight excluding hydrogens is 206 g/mol. The highest BCUT2D eigenvalue weighted by Crippen LogP contribution is 2.17. The number of likely N-dealkylation sites (N-methyl/N-ethyl adjacent to an activating group) is 1. The molecule has 1 saturated heterocycles. The number of rotatable bonds is 5. The van der Waals surface area contributed by atoms with Crippen LogP contribution < -0.4 is 10.6 Å². The lowest BCUT2D eigenvalue weighted by Crippen LogP contribution is -2.40. The van der Waals surface area contributed by atoms with Gasteiger partial charge < -0.3 is 10.6 Å². The Bertz CT molecular complexity index is 323. The van der Waals surface area contributed by atoms with Crippen molar-refractivity contribution in [1.82, 2.24) is 15.5 Å². The van der Waals surface area contributed by atoms with Gasteiger partial charge in [-0.15, -0.1) is 0 Å². The van der Waals surface area contributed by atoms with Crippen LogP contribution in [0, 0.1) is 0 Å². The second-order valence-electron chi connectivity index (χ2n) is 4.48. The second kappa shape index (κ2) is 4.65. The van der Waals surface area contributed by atoms with E-state index >= 15 is 0 Å². The summed E-state index contributed by atoms with van der Waals surface area (Å²) < 4.78 is 0. The monoisotopic (exact) mass is 225 g/mol. The molecule has 0 atom stereocenters. The van der Waals surface area contributed by atoms with Crippen molar-refractivity contribution < 1.29 is 9.59 Å². The number of amides is 3. The highest BCUT2D eigenvalue weighted by Gasteiger charge is 2.44. The van der Waals surface area contributed by atoms with Crippen LogP contribution in [0.5, 0.6) is 0 Å². The maximum Gasteiger partial charge on any atom is 0.325 e. The zero-order chi connectivity index (χ0) is 12.3. The molecule has 1 heterocycles. The molecule has 1 aliphatic rings. The fraction of sp³-hybridized carbons (Fsp3) is 0.636. The minimum absolute atomic E-state index is 0.199. The molecule has 0 aromatic heterocycles. The van der Waals surface area contributed by atoms with Crippen molar-refractivity contribution in [2.75, 3.05) is 19.6 Å². The van der Waals surface area contributed by atoms with Gasteiger partial charge in [-0.1, -0.05) is 13.5 Å². The molecule has 0 spiro atoms. The van der Waals surface area contributed by atoms with Gasteiger partial charge in [0.05, 0.1) is 6.54 Å². The maximum atomic E-state index is 11.8. The van der Waals surface area contributed by atoms with Crippen molar-refractivity contribution in [1.29, 1.82) is 0 Å². The standard InChI is InChI=1S/C11H19N3O2/c1-5-12-6-8(2)7-14-9(15)11(3,4)13-10(14)16/h12H,2,5-7H2,1,3-4H3,(H,13,16). The molecule has 0 aromatic rings. The average Bonchev–Trinajstić information content (AvgIpc) is 2.38. The topological polar surface area (TPSA) is 61.4 Å². The van der Waals surface area contributed by atoms with Gasteiger partial charge in [-0.25, -0.2) is 4.79 Å². The van der Waals surface area contributed by atoms with Crippen molar-refractivity contribution in [3.8, 4) is 0 Å². The molecular formula is C11H19N3O2. The molecule has 0 saturated carbocycles. The number of nitrogens with zero attached hydrogens (tertiary/aromatic N) is 1. The summed E-state index contributed by atoms with van der Waals surface area (Å²) in [5.74, 6) is -0.199. The van der Waals surface area contributed by atoms with Crippen LogP contribution >= 0.6 is 0 Å². The van der Waals surface area contributed by atoms with E-state index in [2.05, 4.69) is 17.2 Å². The minimum atomic E-state index is -0.796. The average molecular weight is 225 g/mol. The second-order valence-corrected chi connectivity index (χ2v) is 4.48. The lowest BCUT2D eigenvalue weighted by atomic mass is 10.1. The summed E-state index contributed by atoms with van der Waals surface area (Å²) in [6.45, 7) is 11.0. The van der Waals surface area contributed by atoms with Gasteiger partial charge in [-0.3, -0.25) is 9.69 Å². The molecule has 5 heteroatoms. The van der Waals surface area contributed by atoms with Crippen LogP contribution in [0.4, 0.5) is 4.79 Å². The van der Waals surface area contributed by atoms with Crippen LogP contribution in [0.1, 0.15) is 20.8 Å². The van der Waals surface area contributed by atoms with Crippen LogP contribution in [0.3, 0.4) is 0 Å². The van der Waals surface area contributed by atoms with Gasteiger partial charge in [-0.2, -0.15) is 0 Å². The summed E-state index contributed by atoms with van der Waals surface area (Å²) in [6, 6.07) is -0.340. The van der Waals surface area contributed by atoms with E-state index in [1.807, 2.05) is 6.92 Å². The number of carbonyl (C=O) groups is 2. The first kappa shape index (κ1) is 12.7. The van der Waals surface area contributed by atoms with Gasteiger partial charge >= 0.3 is 6.03 Å². The zero-order valence-corrected chi connectivity index (χ0v) is 10.1. The molecule has 0 bridgehead atoms. The van der Waals surface area contributed by atoms with Gasteiger partial charge in [0.15, 0.2) is 0 Å². The molecule has 1 rings (SSSR count). The molecule has 3 amide bonds. The lowest BCUT2D eigenvalue weighted by Gasteiger charge is -2.17. The van der Waals surface area contributed by atoms with E-state index in [9.17, 15) is 9.59 Å². The third-order valence-corrected chi connectivity index (χ3v) is 2.45. The van der Waals surface area contributed by atoms with Crippen molar-refractivity contribution in [2.24, 2.45) is 0 Å². The molecule has 1 aliphatic heterocycles.